The molecule has 1 fully saturated rings. The van der Waals surface area contributed by atoms with Gasteiger partial charge in [-0.05, 0) is 42.7 Å². The summed E-state index contributed by atoms with van der Waals surface area (Å²) in [5, 5.41) is 9.96. The van der Waals surface area contributed by atoms with Crippen LogP contribution in [0, 0.1) is 12.7 Å². The average Bonchev–Trinajstić information content (AvgIpc) is 2.92. The van der Waals surface area contributed by atoms with Crippen molar-refractivity contribution in [1.29, 1.82) is 0 Å². The molecule has 0 saturated carbocycles. The van der Waals surface area contributed by atoms with Crippen molar-refractivity contribution in [3.63, 3.8) is 0 Å². The molecule has 1 saturated heterocycles. The van der Waals surface area contributed by atoms with Crippen LogP contribution in [0.3, 0.4) is 0 Å². The van der Waals surface area contributed by atoms with Crippen LogP contribution in [0.4, 0.5) is 4.39 Å². The minimum atomic E-state index is -0.551. The standard InChI is InChI=1S/C18H19FN2O2/c1-12-2-3-13(10-20-12)8-18(23)21-11-16(22)9-17(21)14-4-6-15(19)7-5-14/h2-7,10,16-17,22H,8-9,11H2,1H3/t16-,17-/m0/s1. The van der Waals surface area contributed by atoms with Crippen LogP contribution in [0.15, 0.2) is 42.6 Å². The first-order valence-corrected chi connectivity index (χ1v) is 7.67. The van der Waals surface area contributed by atoms with E-state index in [-0.39, 0.29) is 24.2 Å². The summed E-state index contributed by atoms with van der Waals surface area (Å²) in [4.78, 5) is 18.5. The number of pyridine rings is 1. The second kappa shape index (κ2) is 6.46. The summed E-state index contributed by atoms with van der Waals surface area (Å²) in [5.74, 6) is -0.363. The highest BCUT2D eigenvalue weighted by Crippen LogP contribution is 2.32. The van der Waals surface area contributed by atoms with Gasteiger partial charge < -0.3 is 10.0 Å². The number of halogens is 1. The van der Waals surface area contributed by atoms with Crippen molar-refractivity contribution in [3.05, 3.63) is 65.2 Å². The first kappa shape index (κ1) is 15.6. The number of rotatable bonds is 3. The summed E-state index contributed by atoms with van der Waals surface area (Å²) in [7, 11) is 0. The number of amides is 1. The van der Waals surface area contributed by atoms with Crippen LogP contribution in [-0.2, 0) is 11.2 Å². The van der Waals surface area contributed by atoms with Gasteiger partial charge in [0.2, 0.25) is 5.91 Å². The number of aromatic nitrogens is 1. The zero-order chi connectivity index (χ0) is 16.4. The first-order valence-electron chi connectivity index (χ1n) is 7.67. The summed E-state index contributed by atoms with van der Waals surface area (Å²) in [5.41, 5.74) is 2.60. The molecule has 1 amide bonds. The molecule has 23 heavy (non-hydrogen) atoms. The fourth-order valence-electron chi connectivity index (χ4n) is 2.97. The van der Waals surface area contributed by atoms with Crippen LogP contribution >= 0.6 is 0 Å². The molecule has 1 N–H and O–H groups in total. The van der Waals surface area contributed by atoms with E-state index in [1.54, 1.807) is 23.2 Å². The summed E-state index contributed by atoms with van der Waals surface area (Å²) in [6, 6.07) is 9.66. The van der Waals surface area contributed by atoms with Gasteiger partial charge in [0, 0.05) is 18.4 Å². The Balaban J connectivity index is 1.77. The fourth-order valence-corrected chi connectivity index (χ4v) is 2.97. The molecule has 0 radical (unpaired) electrons. The van der Waals surface area contributed by atoms with Crippen LogP contribution in [0.5, 0.6) is 0 Å². The molecule has 0 unspecified atom stereocenters. The third kappa shape index (κ3) is 3.56. The van der Waals surface area contributed by atoms with Crippen molar-refractivity contribution in [2.75, 3.05) is 6.54 Å². The second-order valence-corrected chi connectivity index (χ2v) is 5.99. The van der Waals surface area contributed by atoms with E-state index in [1.165, 1.54) is 12.1 Å². The van der Waals surface area contributed by atoms with E-state index in [1.807, 2.05) is 19.1 Å². The molecule has 5 heteroatoms. The van der Waals surface area contributed by atoms with E-state index in [4.69, 9.17) is 0 Å². The average molecular weight is 314 g/mol. The van der Waals surface area contributed by atoms with Crippen LogP contribution in [0.2, 0.25) is 0 Å². The zero-order valence-electron chi connectivity index (χ0n) is 12.9. The molecule has 0 bridgehead atoms. The van der Waals surface area contributed by atoms with Crippen molar-refractivity contribution in [1.82, 2.24) is 9.88 Å². The maximum atomic E-state index is 13.1. The normalized spacial score (nSPS) is 20.7. The molecule has 2 aromatic rings. The number of aliphatic hydroxyl groups is 1. The zero-order valence-corrected chi connectivity index (χ0v) is 12.9. The van der Waals surface area contributed by atoms with Gasteiger partial charge in [-0.2, -0.15) is 0 Å². The van der Waals surface area contributed by atoms with Crippen LogP contribution in [0.25, 0.3) is 0 Å². The molecular formula is C18H19FN2O2. The summed E-state index contributed by atoms with van der Waals surface area (Å²) < 4.78 is 13.1. The number of aliphatic hydroxyl groups excluding tert-OH is 1. The van der Waals surface area contributed by atoms with Crippen molar-refractivity contribution >= 4 is 5.91 Å². The van der Waals surface area contributed by atoms with E-state index in [9.17, 15) is 14.3 Å². The molecule has 3 rings (SSSR count). The van der Waals surface area contributed by atoms with E-state index in [2.05, 4.69) is 4.98 Å². The van der Waals surface area contributed by atoms with Crippen LogP contribution in [-0.4, -0.2) is 33.5 Å². The van der Waals surface area contributed by atoms with Crippen LogP contribution < -0.4 is 0 Å². The summed E-state index contributed by atoms with van der Waals surface area (Å²) in [6.45, 7) is 2.20. The van der Waals surface area contributed by atoms with Gasteiger partial charge in [0.05, 0.1) is 18.6 Å². The lowest BCUT2D eigenvalue weighted by molar-refractivity contribution is -0.131. The topological polar surface area (TPSA) is 53.4 Å². The lowest BCUT2D eigenvalue weighted by Gasteiger charge is -2.25. The number of carbonyl (C=O) groups is 1. The molecular weight excluding hydrogens is 295 g/mol. The van der Waals surface area contributed by atoms with Gasteiger partial charge in [0.1, 0.15) is 5.82 Å². The SMILES string of the molecule is Cc1ccc(CC(=O)N2C[C@@H](O)C[C@H]2c2ccc(F)cc2)cn1. The third-order valence-electron chi connectivity index (χ3n) is 4.18. The largest absolute Gasteiger partial charge is 0.391 e. The first-order chi connectivity index (χ1) is 11.0. The quantitative estimate of drug-likeness (QED) is 0.946. The number of hydrogen-bond acceptors (Lipinski definition) is 3. The van der Waals surface area contributed by atoms with Gasteiger partial charge >= 0.3 is 0 Å². The molecule has 120 valence electrons. The number of benzene rings is 1. The van der Waals surface area contributed by atoms with Gasteiger partial charge in [0.25, 0.3) is 0 Å². The second-order valence-electron chi connectivity index (χ2n) is 5.99. The maximum Gasteiger partial charge on any atom is 0.227 e. The Labute approximate surface area is 134 Å². The minimum Gasteiger partial charge on any atom is -0.391 e. The van der Waals surface area contributed by atoms with Crippen LogP contribution in [0.1, 0.15) is 29.3 Å². The molecule has 1 aliphatic rings. The smallest absolute Gasteiger partial charge is 0.227 e. The van der Waals surface area contributed by atoms with Crippen molar-refractivity contribution < 1.29 is 14.3 Å². The van der Waals surface area contributed by atoms with Gasteiger partial charge in [-0.25, -0.2) is 4.39 Å². The Bertz CT molecular complexity index is 685. The predicted molar refractivity (Wildman–Crippen MR) is 84.2 cm³/mol. The Kier molecular flexibility index (Phi) is 4.39. The van der Waals surface area contributed by atoms with E-state index in [0.717, 1.165) is 16.8 Å². The van der Waals surface area contributed by atoms with Gasteiger partial charge in [-0.15, -0.1) is 0 Å². The van der Waals surface area contributed by atoms with Crippen molar-refractivity contribution in [2.24, 2.45) is 0 Å². The molecule has 1 aromatic carbocycles. The van der Waals surface area contributed by atoms with Crippen molar-refractivity contribution in [2.45, 2.75) is 31.9 Å². The number of likely N-dealkylation sites (tertiary alicyclic amines) is 1. The Morgan fingerprint density at radius 3 is 2.70 bits per heavy atom. The highest BCUT2D eigenvalue weighted by Gasteiger charge is 2.35. The number of hydrogen-bond donors (Lipinski definition) is 1. The maximum absolute atomic E-state index is 13.1. The number of β-amino-alcohol motifs (C(OH)–C–C–N with tert-alkyl or cyclic N) is 1. The Morgan fingerprint density at radius 1 is 1.30 bits per heavy atom. The molecule has 0 aliphatic carbocycles. The van der Waals surface area contributed by atoms with E-state index in [0.29, 0.717) is 13.0 Å². The minimum absolute atomic E-state index is 0.0541. The Morgan fingerprint density at radius 2 is 2.04 bits per heavy atom. The molecule has 2 heterocycles. The molecule has 1 aromatic heterocycles. The van der Waals surface area contributed by atoms with Gasteiger partial charge in [0.15, 0.2) is 0 Å². The van der Waals surface area contributed by atoms with Gasteiger partial charge in [-0.1, -0.05) is 18.2 Å². The number of aryl methyl sites for hydroxylation is 1. The fraction of sp³-hybridized carbons (Fsp3) is 0.333. The van der Waals surface area contributed by atoms with E-state index < -0.39 is 6.10 Å². The predicted octanol–water partition coefficient (Wildman–Crippen LogP) is 2.41. The molecule has 1 aliphatic heterocycles. The van der Waals surface area contributed by atoms with Gasteiger partial charge in [-0.3, -0.25) is 9.78 Å². The molecule has 2 atom stereocenters. The molecule has 4 nitrogen and oxygen atoms in total. The lowest BCUT2D eigenvalue weighted by Crippen LogP contribution is -2.33. The Hall–Kier alpha value is -2.27. The summed E-state index contributed by atoms with van der Waals surface area (Å²) >= 11 is 0. The highest BCUT2D eigenvalue weighted by molar-refractivity contribution is 5.79. The van der Waals surface area contributed by atoms with Crippen molar-refractivity contribution in [3.8, 4) is 0 Å². The third-order valence-corrected chi connectivity index (χ3v) is 4.18. The number of carbonyl (C=O) groups excluding carboxylic acids is 1. The summed E-state index contributed by atoms with van der Waals surface area (Å²) in [6.07, 6.45) is 1.87. The highest BCUT2D eigenvalue weighted by atomic mass is 19.1. The lowest BCUT2D eigenvalue weighted by atomic mass is 10.0. The van der Waals surface area contributed by atoms with E-state index >= 15 is 0 Å². The monoisotopic (exact) mass is 314 g/mol. The number of nitrogens with zero attached hydrogens (tertiary/aromatic N) is 2. The molecule has 0 spiro atoms.